The smallest absolute Gasteiger partial charge is 0.227 e. The summed E-state index contributed by atoms with van der Waals surface area (Å²) in [5.74, 6) is 1.72. The summed E-state index contributed by atoms with van der Waals surface area (Å²) in [5, 5.41) is 4.50. The molecule has 0 atom stereocenters. The van der Waals surface area contributed by atoms with Crippen LogP contribution >= 0.6 is 11.6 Å². The monoisotopic (exact) mass is 446 g/mol. The van der Waals surface area contributed by atoms with Crippen molar-refractivity contribution < 1.29 is 9.47 Å². The van der Waals surface area contributed by atoms with Gasteiger partial charge in [-0.15, -0.1) is 11.6 Å². The fourth-order valence-corrected chi connectivity index (χ4v) is 3.84. The molecular weight excluding hydrogens is 424 g/mol. The maximum absolute atomic E-state index is 5.89. The van der Waals surface area contributed by atoms with Gasteiger partial charge in [0.1, 0.15) is 12.4 Å². The Morgan fingerprint density at radius 1 is 1.09 bits per heavy atom. The number of aromatic nitrogens is 3. The second-order valence-corrected chi connectivity index (χ2v) is 7.86. The Morgan fingerprint density at radius 2 is 2.06 bits per heavy atom. The maximum atomic E-state index is 5.89. The molecule has 1 aliphatic rings. The van der Waals surface area contributed by atoms with E-state index < -0.39 is 0 Å². The maximum Gasteiger partial charge on any atom is 0.227 e. The average molecular weight is 447 g/mol. The molecule has 3 heterocycles. The van der Waals surface area contributed by atoms with E-state index in [1.54, 1.807) is 6.20 Å². The fraction of sp³-hybridized carbons (Fsp3) is 0.200. The molecule has 2 aromatic heterocycles. The van der Waals surface area contributed by atoms with Crippen molar-refractivity contribution in [1.82, 2.24) is 14.5 Å². The minimum Gasteiger partial charge on any atom is -0.492 e. The number of halogens is 1. The number of rotatable bonds is 3. The number of anilines is 2. The van der Waals surface area contributed by atoms with Crippen LogP contribution < -0.4 is 10.1 Å². The Kier molecular flexibility index (Phi) is 6.05. The Bertz CT molecular complexity index is 1270. The summed E-state index contributed by atoms with van der Waals surface area (Å²) in [6.07, 6.45) is 8.04. The van der Waals surface area contributed by atoms with E-state index in [4.69, 9.17) is 26.1 Å². The van der Waals surface area contributed by atoms with Crippen molar-refractivity contribution in [3.05, 3.63) is 78.6 Å². The van der Waals surface area contributed by atoms with Crippen LogP contribution in [-0.2, 0) is 17.9 Å². The van der Waals surface area contributed by atoms with E-state index in [1.165, 1.54) is 10.9 Å². The second kappa shape index (κ2) is 9.42. The minimum atomic E-state index is 0.424. The lowest BCUT2D eigenvalue weighted by Crippen LogP contribution is -2.04. The molecule has 162 valence electrons. The number of hydrogen-bond donors (Lipinski definition) is 1. The van der Waals surface area contributed by atoms with Crippen LogP contribution in [0.4, 0.5) is 11.6 Å². The number of hydrogen-bond acceptors (Lipinski definition) is 5. The molecule has 0 aliphatic carbocycles. The van der Waals surface area contributed by atoms with E-state index in [1.807, 2.05) is 30.3 Å². The van der Waals surface area contributed by atoms with Gasteiger partial charge in [0.15, 0.2) is 0 Å². The molecule has 0 fully saturated rings. The van der Waals surface area contributed by atoms with Gasteiger partial charge in [-0.3, -0.25) is 0 Å². The Hall–Kier alpha value is -3.35. The first-order valence-corrected chi connectivity index (χ1v) is 11.1. The molecule has 7 heteroatoms. The highest BCUT2D eigenvalue weighted by Crippen LogP contribution is 2.28. The van der Waals surface area contributed by atoms with Crippen molar-refractivity contribution in [3.63, 3.8) is 0 Å². The average Bonchev–Trinajstić information content (AvgIpc) is 3.22. The summed E-state index contributed by atoms with van der Waals surface area (Å²) in [7, 11) is 0. The predicted molar refractivity (Wildman–Crippen MR) is 128 cm³/mol. The van der Waals surface area contributed by atoms with Gasteiger partial charge in [-0.05, 0) is 41.8 Å². The lowest BCUT2D eigenvalue weighted by molar-refractivity contribution is 0.145. The second-order valence-electron chi connectivity index (χ2n) is 7.48. The van der Waals surface area contributed by atoms with Gasteiger partial charge in [0, 0.05) is 41.3 Å². The quantitative estimate of drug-likeness (QED) is 0.330. The van der Waals surface area contributed by atoms with Gasteiger partial charge in [0.2, 0.25) is 5.95 Å². The molecule has 1 aliphatic heterocycles. The van der Waals surface area contributed by atoms with E-state index in [9.17, 15) is 0 Å². The van der Waals surface area contributed by atoms with Gasteiger partial charge in [-0.2, -0.15) is 0 Å². The van der Waals surface area contributed by atoms with Crippen molar-refractivity contribution in [2.24, 2.45) is 0 Å². The summed E-state index contributed by atoms with van der Waals surface area (Å²) in [4.78, 5) is 9.14. The van der Waals surface area contributed by atoms with Crippen LogP contribution in [-0.4, -0.2) is 33.6 Å². The van der Waals surface area contributed by atoms with Crippen molar-refractivity contribution in [3.8, 4) is 17.0 Å². The Morgan fingerprint density at radius 3 is 3.00 bits per heavy atom. The van der Waals surface area contributed by atoms with Crippen molar-refractivity contribution in [2.45, 2.75) is 13.2 Å². The normalized spacial score (nSPS) is 14.7. The van der Waals surface area contributed by atoms with Crippen LogP contribution in [0.15, 0.2) is 73.1 Å². The molecule has 0 amide bonds. The highest BCUT2D eigenvalue weighted by atomic mass is 35.5. The summed E-state index contributed by atoms with van der Waals surface area (Å²) < 4.78 is 13.9. The number of nitrogens with one attached hydrogen (secondary N) is 1. The van der Waals surface area contributed by atoms with E-state index in [0.717, 1.165) is 34.8 Å². The first-order valence-electron chi connectivity index (χ1n) is 10.5. The lowest BCUT2D eigenvalue weighted by Gasteiger charge is -2.13. The van der Waals surface area contributed by atoms with E-state index in [-0.39, 0.29) is 0 Å². The molecule has 1 N–H and O–H groups in total. The van der Waals surface area contributed by atoms with Gasteiger partial charge in [0.05, 0.1) is 24.8 Å². The van der Waals surface area contributed by atoms with Gasteiger partial charge in [0.25, 0.3) is 0 Å². The summed E-state index contributed by atoms with van der Waals surface area (Å²) in [5.41, 5.74) is 4.88. The summed E-state index contributed by atoms with van der Waals surface area (Å²) in [6, 6.07) is 16.3. The first kappa shape index (κ1) is 20.5. The summed E-state index contributed by atoms with van der Waals surface area (Å²) >= 11 is 5.80. The third kappa shape index (κ3) is 4.47. The van der Waals surface area contributed by atoms with E-state index >= 15 is 0 Å². The van der Waals surface area contributed by atoms with Crippen molar-refractivity contribution in [1.29, 1.82) is 0 Å². The number of allylic oxidation sites excluding steroid dienone is 1. The molecule has 0 unspecified atom stereocenters. The van der Waals surface area contributed by atoms with Gasteiger partial charge in [-0.1, -0.05) is 24.3 Å². The molecule has 5 rings (SSSR count). The molecular formula is C25H23ClN4O2. The molecule has 6 nitrogen and oxygen atoms in total. The third-order valence-electron chi connectivity index (χ3n) is 5.32. The van der Waals surface area contributed by atoms with Gasteiger partial charge in [-0.25, -0.2) is 9.97 Å². The molecule has 6 bridgehead atoms. The number of benzene rings is 2. The zero-order valence-corrected chi connectivity index (χ0v) is 18.3. The lowest BCUT2D eigenvalue weighted by atomic mass is 10.1. The SMILES string of the molecule is ClCCOc1ccc2cc1COC/C=C/Cn1ccc3ccc(cc31)-c1ccnc(n1)N2. The van der Waals surface area contributed by atoms with Crippen LogP contribution in [0.2, 0.25) is 0 Å². The van der Waals surface area contributed by atoms with Crippen LogP contribution in [0.1, 0.15) is 5.56 Å². The molecule has 2 aromatic carbocycles. The first-order chi connectivity index (χ1) is 15.8. The molecule has 0 saturated carbocycles. The van der Waals surface area contributed by atoms with Crippen LogP contribution in [0.5, 0.6) is 5.75 Å². The highest BCUT2D eigenvalue weighted by Gasteiger charge is 2.10. The summed E-state index contributed by atoms with van der Waals surface area (Å²) in [6.45, 7) is 2.15. The van der Waals surface area contributed by atoms with Crippen molar-refractivity contribution >= 4 is 34.1 Å². The zero-order valence-electron chi connectivity index (χ0n) is 17.5. The van der Waals surface area contributed by atoms with Gasteiger partial charge >= 0.3 is 0 Å². The standard InChI is InChI=1S/C25H23ClN4O2/c26-9-14-32-24-6-5-21-15-20(24)17-31-13-2-1-11-30-12-8-18-3-4-19(16-23(18)30)22-7-10-27-25(28-21)29-22/h1-8,10,12,15-16H,9,11,13-14,17H2,(H,27,28,29)/b2-1+. The fourth-order valence-electron chi connectivity index (χ4n) is 3.76. The number of nitrogens with zero attached hydrogens (tertiary/aromatic N) is 3. The number of fused-ring (bicyclic) bond motifs is 6. The zero-order chi connectivity index (χ0) is 21.8. The van der Waals surface area contributed by atoms with Crippen LogP contribution in [0.3, 0.4) is 0 Å². The van der Waals surface area contributed by atoms with E-state index in [0.29, 0.717) is 31.6 Å². The van der Waals surface area contributed by atoms with Crippen LogP contribution in [0.25, 0.3) is 22.2 Å². The highest BCUT2D eigenvalue weighted by molar-refractivity contribution is 6.18. The van der Waals surface area contributed by atoms with Crippen LogP contribution in [0, 0.1) is 0 Å². The number of alkyl halides is 1. The topological polar surface area (TPSA) is 61.2 Å². The number of ether oxygens (including phenoxy) is 2. The molecule has 0 radical (unpaired) electrons. The van der Waals surface area contributed by atoms with Crippen molar-refractivity contribution in [2.75, 3.05) is 24.4 Å². The Labute approximate surface area is 191 Å². The molecule has 0 saturated heterocycles. The van der Waals surface area contributed by atoms with E-state index in [2.05, 4.69) is 51.4 Å². The third-order valence-corrected chi connectivity index (χ3v) is 5.47. The predicted octanol–water partition coefficient (Wildman–Crippen LogP) is 5.55. The molecule has 32 heavy (non-hydrogen) atoms. The Balaban J connectivity index is 1.54. The van der Waals surface area contributed by atoms with Gasteiger partial charge < -0.3 is 19.4 Å². The largest absolute Gasteiger partial charge is 0.492 e. The molecule has 4 aromatic rings. The molecule has 0 spiro atoms. The minimum absolute atomic E-state index is 0.424.